The summed E-state index contributed by atoms with van der Waals surface area (Å²) in [6.07, 6.45) is 1.63. The molecule has 3 aromatic rings. The molecule has 0 saturated carbocycles. The number of nitrogens with one attached hydrogen (secondary N) is 1. The second-order valence-corrected chi connectivity index (χ2v) is 7.12. The Hall–Kier alpha value is -2.59. The van der Waals surface area contributed by atoms with Crippen molar-refractivity contribution in [2.75, 3.05) is 5.32 Å². The molecule has 1 N–H and O–H groups in total. The largest absolute Gasteiger partial charge is 0.322 e. The van der Waals surface area contributed by atoms with E-state index in [2.05, 4.69) is 24.3 Å². The van der Waals surface area contributed by atoms with Crippen molar-refractivity contribution in [3.63, 3.8) is 0 Å². The minimum atomic E-state index is -0.183. The van der Waals surface area contributed by atoms with Crippen LogP contribution >= 0.6 is 11.6 Å². The molecule has 5 heteroatoms. The topological polar surface area (TPSA) is 46.9 Å². The first-order valence-electron chi connectivity index (χ1n) is 8.60. The fraction of sp³-hybridized carbons (Fsp3) is 0.238. The minimum Gasteiger partial charge on any atom is -0.322 e. The van der Waals surface area contributed by atoms with Gasteiger partial charge in [-0.3, -0.25) is 4.79 Å². The van der Waals surface area contributed by atoms with Crippen molar-refractivity contribution in [2.45, 2.75) is 33.6 Å². The van der Waals surface area contributed by atoms with E-state index in [0.29, 0.717) is 16.3 Å². The molecule has 1 aromatic heterocycles. The number of carbonyl (C=O) groups excluding carboxylic acids is 1. The highest BCUT2D eigenvalue weighted by Crippen LogP contribution is 2.26. The quantitative estimate of drug-likeness (QED) is 0.660. The molecule has 0 saturated heterocycles. The van der Waals surface area contributed by atoms with Crippen LogP contribution in [0.5, 0.6) is 0 Å². The first-order valence-corrected chi connectivity index (χ1v) is 8.97. The monoisotopic (exact) mass is 367 g/mol. The van der Waals surface area contributed by atoms with E-state index in [9.17, 15) is 4.79 Å². The zero-order valence-corrected chi connectivity index (χ0v) is 16.1. The molecule has 2 aromatic carbocycles. The first kappa shape index (κ1) is 18.2. The Labute approximate surface area is 158 Å². The van der Waals surface area contributed by atoms with E-state index in [1.54, 1.807) is 6.20 Å². The molecule has 0 radical (unpaired) electrons. The summed E-state index contributed by atoms with van der Waals surface area (Å²) in [7, 11) is 0. The number of hydrogen-bond acceptors (Lipinski definition) is 2. The molecule has 26 heavy (non-hydrogen) atoms. The van der Waals surface area contributed by atoms with Gasteiger partial charge in [-0.25, -0.2) is 4.68 Å². The van der Waals surface area contributed by atoms with E-state index in [1.165, 1.54) is 5.56 Å². The summed E-state index contributed by atoms with van der Waals surface area (Å²) in [6.45, 7) is 8.05. The number of halogens is 1. The molecule has 0 aliphatic carbocycles. The van der Waals surface area contributed by atoms with Gasteiger partial charge in [0.25, 0.3) is 5.91 Å². The van der Waals surface area contributed by atoms with Crippen LogP contribution in [0.4, 0.5) is 5.69 Å². The molecule has 4 nitrogen and oxygen atoms in total. The summed E-state index contributed by atoms with van der Waals surface area (Å²) in [6, 6.07) is 13.6. The molecule has 3 rings (SSSR count). The molecule has 0 unspecified atom stereocenters. The van der Waals surface area contributed by atoms with Crippen LogP contribution < -0.4 is 5.32 Å². The molecule has 134 valence electrons. The maximum absolute atomic E-state index is 12.9. The number of benzene rings is 2. The number of anilines is 1. The van der Waals surface area contributed by atoms with E-state index >= 15 is 0 Å². The lowest BCUT2D eigenvalue weighted by atomic mass is 10.0. The maximum Gasteiger partial charge on any atom is 0.259 e. The highest BCUT2D eigenvalue weighted by atomic mass is 35.5. The molecule has 0 bridgehead atoms. The molecule has 0 spiro atoms. The molecular weight excluding hydrogens is 346 g/mol. The van der Waals surface area contributed by atoms with Crippen LogP contribution in [0.1, 0.15) is 46.9 Å². The summed E-state index contributed by atoms with van der Waals surface area (Å²) in [5.41, 5.74) is 5.13. The van der Waals surface area contributed by atoms with Gasteiger partial charge < -0.3 is 5.32 Å². The number of rotatable bonds is 4. The van der Waals surface area contributed by atoms with Gasteiger partial charge in [0, 0.05) is 10.7 Å². The van der Waals surface area contributed by atoms with E-state index in [1.807, 2.05) is 61.0 Å². The Morgan fingerprint density at radius 3 is 2.46 bits per heavy atom. The van der Waals surface area contributed by atoms with Gasteiger partial charge in [-0.1, -0.05) is 49.2 Å². The smallest absolute Gasteiger partial charge is 0.259 e. The Balaban J connectivity index is 1.98. The number of hydrogen-bond donors (Lipinski definition) is 1. The van der Waals surface area contributed by atoms with Gasteiger partial charge in [0.15, 0.2) is 0 Å². The van der Waals surface area contributed by atoms with Crippen molar-refractivity contribution < 1.29 is 4.79 Å². The first-order chi connectivity index (χ1) is 12.4. The number of amides is 1. The van der Waals surface area contributed by atoms with Crippen LogP contribution in [0.3, 0.4) is 0 Å². The summed E-state index contributed by atoms with van der Waals surface area (Å²) in [5.74, 6) is -0.0440. The second-order valence-electron chi connectivity index (χ2n) is 6.71. The van der Waals surface area contributed by atoms with Crippen LogP contribution in [0.2, 0.25) is 5.02 Å². The normalized spacial score (nSPS) is 11.0. The van der Waals surface area contributed by atoms with Crippen molar-refractivity contribution in [1.29, 1.82) is 0 Å². The lowest BCUT2D eigenvalue weighted by molar-refractivity contribution is 0.102. The Bertz CT molecular complexity index is 942. The number of carbonyl (C=O) groups is 1. The van der Waals surface area contributed by atoms with Gasteiger partial charge >= 0.3 is 0 Å². The third-order valence-corrected chi connectivity index (χ3v) is 4.80. The Kier molecular flexibility index (Phi) is 5.14. The highest BCUT2D eigenvalue weighted by molar-refractivity contribution is 6.31. The number of aromatic nitrogens is 2. The minimum absolute atomic E-state index is 0.139. The number of aryl methyl sites for hydroxylation is 1. The van der Waals surface area contributed by atoms with E-state index in [-0.39, 0.29) is 11.8 Å². The van der Waals surface area contributed by atoms with Crippen LogP contribution in [-0.4, -0.2) is 15.7 Å². The van der Waals surface area contributed by atoms with Gasteiger partial charge in [-0.05, 0) is 49.6 Å². The van der Waals surface area contributed by atoms with Gasteiger partial charge in [-0.2, -0.15) is 5.10 Å². The van der Waals surface area contributed by atoms with Crippen LogP contribution in [0, 0.1) is 13.8 Å². The van der Waals surface area contributed by atoms with Crippen LogP contribution in [0.15, 0.2) is 48.7 Å². The fourth-order valence-electron chi connectivity index (χ4n) is 2.91. The molecule has 1 heterocycles. The van der Waals surface area contributed by atoms with Crippen LogP contribution in [0.25, 0.3) is 5.69 Å². The zero-order valence-electron chi connectivity index (χ0n) is 15.4. The predicted molar refractivity (Wildman–Crippen MR) is 107 cm³/mol. The predicted octanol–water partition coefficient (Wildman–Crippen LogP) is 5.52. The van der Waals surface area contributed by atoms with Crippen molar-refractivity contribution in [3.8, 4) is 5.69 Å². The average Bonchev–Trinajstić information content (AvgIpc) is 3.05. The lowest BCUT2D eigenvalue weighted by Crippen LogP contribution is -2.16. The van der Waals surface area contributed by atoms with Crippen molar-refractivity contribution in [1.82, 2.24) is 9.78 Å². The van der Waals surface area contributed by atoms with E-state index in [4.69, 9.17) is 11.6 Å². The molecule has 1 amide bonds. The summed E-state index contributed by atoms with van der Waals surface area (Å²) in [4.78, 5) is 12.9. The van der Waals surface area contributed by atoms with Gasteiger partial charge in [-0.15, -0.1) is 0 Å². The van der Waals surface area contributed by atoms with Crippen molar-refractivity contribution in [3.05, 3.63) is 76.1 Å². The summed E-state index contributed by atoms with van der Waals surface area (Å²) < 4.78 is 1.84. The summed E-state index contributed by atoms with van der Waals surface area (Å²) >= 11 is 6.15. The molecule has 0 aliphatic rings. The zero-order chi connectivity index (χ0) is 18.8. The number of nitrogens with zero attached hydrogens (tertiary/aromatic N) is 2. The van der Waals surface area contributed by atoms with Gasteiger partial charge in [0.2, 0.25) is 0 Å². The van der Waals surface area contributed by atoms with Crippen molar-refractivity contribution in [2.24, 2.45) is 0 Å². The lowest BCUT2D eigenvalue weighted by Gasteiger charge is -2.14. The molecule has 0 fully saturated rings. The van der Waals surface area contributed by atoms with E-state index < -0.39 is 0 Å². The molecular formula is C21H22ClN3O. The Morgan fingerprint density at radius 1 is 1.12 bits per heavy atom. The fourth-order valence-corrected chi connectivity index (χ4v) is 3.09. The van der Waals surface area contributed by atoms with Crippen LogP contribution in [-0.2, 0) is 0 Å². The van der Waals surface area contributed by atoms with E-state index in [0.717, 1.165) is 16.9 Å². The third kappa shape index (κ3) is 3.51. The highest BCUT2D eigenvalue weighted by Gasteiger charge is 2.21. The summed E-state index contributed by atoms with van der Waals surface area (Å²) in [5, 5.41) is 8.06. The molecule has 0 aliphatic heterocycles. The standard InChI is InChI=1S/C21H22ClN3O/c1-13(2)20-17(12-23-25(20)16-10-8-14(3)9-11-16)21(26)24-19-7-5-6-18(22)15(19)4/h5-13H,1-4H3,(H,24,26). The van der Waals surface area contributed by atoms with Crippen molar-refractivity contribution >= 4 is 23.2 Å². The molecule has 0 atom stereocenters. The third-order valence-electron chi connectivity index (χ3n) is 4.39. The maximum atomic E-state index is 12.9. The average molecular weight is 368 g/mol. The SMILES string of the molecule is Cc1ccc(-n2ncc(C(=O)Nc3cccc(Cl)c3C)c2C(C)C)cc1. The Morgan fingerprint density at radius 2 is 1.81 bits per heavy atom. The van der Waals surface area contributed by atoms with Gasteiger partial charge in [0.05, 0.1) is 23.1 Å². The van der Waals surface area contributed by atoms with Gasteiger partial charge in [0.1, 0.15) is 0 Å². The second kappa shape index (κ2) is 7.34.